The number of carbonyl (C=O) groups is 1. The molecule has 4 nitrogen and oxygen atoms in total. The molecule has 5 heteroatoms. The first-order valence-corrected chi connectivity index (χ1v) is 6.32. The lowest BCUT2D eigenvalue weighted by Crippen LogP contribution is -2.04. The van der Waals surface area contributed by atoms with Gasteiger partial charge in [-0.05, 0) is 31.2 Å². The molecule has 0 unspecified atom stereocenters. The molecule has 0 bridgehead atoms. The number of benzene rings is 1. The molecular formula is C14H11ClN2O2. The minimum Gasteiger partial charge on any atom is -0.462 e. The zero-order valence-corrected chi connectivity index (χ0v) is 11.0. The van der Waals surface area contributed by atoms with Crippen molar-refractivity contribution in [2.45, 2.75) is 6.92 Å². The van der Waals surface area contributed by atoms with E-state index in [0.29, 0.717) is 17.3 Å². The summed E-state index contributed by atoms with van der Waals surface area (Å²) >= 11 is 6.10. The Morgan fingerprint density at radius 1 is 1.37 bits per heavy atom. The number of pyridine rings is 1. The highest BCUT2D eigenvalue weighted by atomic mass is 35.5. The van der Waals surface area contributed by atoms with Crippen LogP contribution in [0.25, 0.3) is 21.8 Å². The van der Waals surface area contributed by atoms with E-state index in [2.05, 4.69) is 9.97 Å². The van der Waals surface area contributed by atoms with Crippen molar-refractivity contribution >= 4 is 39.4 Å². The number of fused-ring (bicyclic) bond motifs is 3. The maximum Gasteiger partial charge on any atom is 0.338 e. The fourth-order valence-electron chi connectivity index (χ4n) is 2.12. The molecule has 2 heterocycles. The summed E-state index contributed by atoms with van der Waals surface area (Å²) < 4.78 is 5.00. The van der Waals surface area contributed by atoms with E-state index in [9.17, 15) is 4.79 Å². The van der Waals surface area contributed by atoms with E-state index in [1.807, 2.05) is 6.07 Å². The second-order valence-corrected chi connectivity index (χ2v) is 4.48. The number of aromatic nitrogens is 2. The van der Waals surface area contributed by atoms with Crippen LogP contribution in [0.5, 0.6) is 0 Å². The van der Waals surface area contributed by atoms with Crippen LogP contribution < -0.4 is 0 Å². The fraction of sp³-hybridized carbons (Fsp3) is 0.143. The minimum atomic E-state index is -0.331. The summed E-state index contributed by atoms with van der Waals surface area (Å²) in [4.78, 5) is 19.1. The van der Waals surface area contributed by atoms with Crippen LogP contribution in [0, 0.1) is 0 Å². The van der Waals surface area contributed by atoms with E-state index in [4.69, 9.17) is 16.3 Å². The first-order valence-electron chi connectivity index (χ1n) is 5.94. The van der Waals surface area contributed by atoms with Crippen molar-refractivity contribution < 1.29 is 9.53 Å². The average Bonchev–Trinajstić information content (AvgIpc) is 2.89. The molecule has 0 atom stereocenters. The lowest BCUT2D eigenvalue weighted by molar-refractivity contribution is 0.0526. The number of aromatic amines is 1. The van der Waals surface area contributed by atoms with Crippen LogP contribution in [0.4, 0.5) is 0 Å². The van der Waals surface area contributed by atoms with Gasteiger partial charge in [0.25, 0.3) is 0 Å². The van der Waals surface area contributed by atoms with E-state index >= 15 is 0 Å². The van der Waals surface area contributed by atoms with E-state index in [0.717, 1.165) is 21.8 Å². The van der Waals surface area contributed by atoms with Gasteiger partial charge in [0.2, 0.25) is 0 Å². The molecule has 1 aromatic carbocycles. The largest absolute Gasteiger partial charge is 0.462 e. The lowest BCUT2D eigenvalue weighted by Gasteiger charge is -2.05. The Kier molecular flexibility index (Phi) is 2.87. The molecule has 0 saturated heterocycles. The fourth-order valence-corrected chi connectivity index (χ4v) is 2.36. The standard InChI is InChI=1S/C14H11ClN2O2/c1-2-19-14(18)8-3-4-11-10(7-8)9-5-6-16-12(9)13(15)17-11/h3-7,16H,2H2,1H3. The normalized spacial score (nSPS) is 11.1. The Bertz CT molecular complexity index is 780. The molecule has 0 fully saturated rings. The van der Waals surface area contributed by atoms with Gasteiger partial charge >= 0.3 is 5.97 Å². The number of carbonyl (C=O) groups excluding carboxylic acids is 1. The molecule has 0 aliphatic rings. The topological polar surface area (TPSA) is 55.0 Å². The molecule has 3 aromatic rings. The lowest BCUT2D eigenvalue weighted by atomic mass is 10.1. The average molecular weight is 275 g/mol. The molecule has 3 rings (SSSR count). The molecule has 0 aliphatic heterocycles. The van der Waals surface area contributed by atoms with Crippen molar-refractivity contribution in [3.05, 3.63) is 41.2 Å². The number of H-pyrrole nitrogens is 1. The van der Waals surface area contributed by atoms with Gasteiger partial charge in [-0.3, -0.25) is 0 Å². The van der Waals surface area contributed by atoms with Gasteiger partial charge in [-0.15, -0.1) is 0 Å². The van der Waals surface area contributed by atoms with Crippen LogP contribution in [0.1, 0.15) is 17.3 Å². The predicted octanol–water partition coefficient (Wildman–Crippen LogP) is 3.55. The van der Waals surface area contributed by atoms with Gasteiger partial charge in [0.05, 0.1) is 23.2 Å². The number of rotatable bonds is 2. The molecule has 0 saturated carbocycles. The van der Waals surface area contributed by atoms with Gasteiger partial charge in [0, 0.05) is 17.0 Å². The van der Waals surface area contributed by atoms with Crippen molar-refractivity contribution in [1.82, 2.24) is 9.97 Å². The molecule has 0 spiro atoms. The number of nitrogens with one attached hydrogen (secondary N) is 1. The summed E-state index contributed by atoms with van der Waals surface area (Å²) in [5.41, 5.74) is 2.04. The molecule has 1 N–H and O–H groups in total. The quantitative estimate of drug-likeness (QED) is 0.574. The van der Waals surface area contributed by atoms with Crippen LogP contribution in [-0.2, 0) is 4.74 Å². The van der Waals surface area contributed by atoms with E-state index in [-0.39, 0.29) is 5.97 Å². The zero-order valence-electron chi connectivity index (χ0n) is 10.2. The third kappa shape index (κ3) is 1.94. The molecule has 2 aromatic heterocycles. The Labute approximate surface area is 114 Å². The highest BCUT2D eigenvalue weighted by Gasteiger charge is 2.11. The van der Waals surface area contributed by atoms with E-state index in [1.165, 1.54) is 0 Å². The van der Waals surface area contributed by atoms with E-state index in [1.54, 1.807) is 31.3 Å². The van der Waals surface area contributed by atoms with Gasteiger partial charge < -0.3 is 9.72 Å². The highest BCUT2D eigenvalue weighted by Crippen LogP contribution is 2.28. The first kappa shape index (κ1) is 12.0. The van der Waals surface area contributed by atoms with Crippen molar-refractivity contribution in [2.24, 2.45) is 0 Å². The summed E-state index contributed by atoms with van der Waals surface area (Å²) in [6, 6.07) is 7.18. The van der Waals surface area contributed by atoms with Gasteiger partial charge in [0.15, 0.2) is 5.15 Å². The van der Waals surface area contributed by atoms with Crippen molar-refractivity contribution in [1.29, 1.82) is 0 Å². The maximum atomic E-state index is 11.8. The third-order valence-corrected chi connectivity index (χ3v) is 3.24. The van der Waals surface area contributed by atoms with Gasteiger partial charge in [0.1, 0.15) is 0 Å². The van der Waals surface area contributed by atoms with E-state index < -0.39 is 0 Å². The smallest absolute Gasteiger partial charge is 0.338 e. The third-order valence-electron chi connectivity index (χ3n) is 2.97. The van der Waals surface area contributed by atoms with Crippen molar-refractivity contribution in [3.8, 4) is 0 Å². The van der Waals surface area contributed by atoms with Crippen LogP contribution in [-0.4, -0.2) is 22.5 Å². The van der Waals surface area contributed by atoms with Crippen LogP contribution in [0.2, 0.25) is 5.15 Å². The van der Waals surface area contributed by atoms with Crippen molar-refractivity contribution in [3.63, 3.8) is 0 Å². The molecular weight excluding hydrogens is 264 g/mol. The van der Waals surface area contributed by atoms with Crippen LogP contribution in [0.15, 0.2) is 30.5 Å². The molecule has 0 aliphatic carbocycles. The second-order valence-electron chi connectivity index (χ2n) is 4.12. The Balaban J connectivity index is 2.27. The SMILES string of the molecule is CCOC(=O)c1ccc2nc(Cl)c3[nH]ccc3c2c1. The highest BCUT2D eigenvalue weighted by molar-refractivity contribution is 6.35. The number of ether oxygens (including phenoxy) is 1. The maximum absolute atomic E-state index is 11.8. The van der Waals surface area contributed by atoms with Crippen LogP contribution in [0.3, 0.4) is 0 Å². The number of hydrogen-bond donors (Lipinski definition) is 1. The number of hydrogen-bond acceptors (Lipinski definition) is 3. The first-order chi connectivity index (χ1) is 9.20. The van der Waals surface area contributed by atoms with Crippen LogP contribution >= 0.6 is 11.6 Å². The van der Waals surface area contributed by atoms with Crippen molar-refractivity contribution in [2.75, 3.05) is 6.61 Å². The summed E-state index contributed by atoms with van der Waals surface area (Å²) in [7, 11) is 0. The minimum absolute atomic E-state index is 0.331. The number of nitrogens with zero attached hydrogens (tertiary/aromatic N) is 1. The van der Waals surface area contributed by atoms with Gasteiger partial charge in [-0.2, -0.15) is 0 Å². The molecule has 0 amide bonds. The number of halogens is 1. The molecule has 19 heavy (non-hydrogen) atoms. The molecule has 0 radical (unpaired) electrons. The monoisotopic (exact) mass is 274 g/mol. The Morgan fingerprint density at radius 2 is 2.21 bits per heavy atom. The van der Waals surface area contributed by atoms with Gasteiger partial charge in [-0.25, -0.2) is 9.78 Å². The summed E-state index contributed by atoms with van der Waals surface area (Å²) in [5.74, 6) is -0.331. The van der Waals surface area contributed by atoms with Gasteiger partial charge in [-0.1, -0.05) is 11.6 Å². The number of esters is 1. The predicted molar refractivity (Wildman–Crippen MR) is 74.6 cm³/mol. The summed E-state index contributed by atoms with van der Waals surface area (Å²) in [6.07, 6.45) is 1.80. The summed E-state index contributed by atoms with van der Waals surface area (Å²) in [5, 5.41) is 2.25. The second kappa shape index (κ2) is 4.55. The molecule has 96 valence electrons. The Morgan fingerprint density at radius 3 is 3.00 bits per heavy atom. The zero-order chi connectivity index (χ0) is 13.4. The summed E-state index contributed by atoms with van der Waals surface area (Å²) in [6.45, 7) is 2.14. The Hall–Kier alpha value is -2.07.